The van der Waals surface area contributed by atoms with Gasteiger partial charge in [-0.1, -0.05) is 6.07 Å². The van der Waals surface area contributed by atoms with E-state index < -0.39 is 0 Å². The maximum Gasteiger partial charge on any atom is 0.254 e. The molecule has 0 saturated carbocycles. The molecule has 192 valence electrons. The first kappa shape index (κ1) is 24.9. The van der Waals surface area contributed by atoms with Crippen LogP contribution >= 0.6 is 0 Å². The molecule has 0 atom stereocenters. The Kier molecular flexibility index (Phi) is 7.02. The first-order valence-corrected chi connectivity index (χ1v) is 12.4. The number of rotatable bonds is 7. The van der Waals surface area contributed by atoms with Crippen molar-refractivity contribution in [3.05, 3.63) is 88.4 Å². The van der Waals surface area contributed by atoms with Gasteiger partial charge in [-0.15, -0.1) is 0 Å². The third-order valence-corrected chi connectivity index (χ3v) is 6.87. The summed E-state index contributed by atoms with van der Waals surface area (Å²) in [6.45, 7) is 3.97. The number of nitriles is 1. The molecular formula is C28H29N9O. The molecule has 5 heterocycles. The highest BCUT2D eigenvalue weighted by atomic mass is 16.1. The van der Waals surface area contributed by atoms with Crippen LogP contribution in [-0.4, -0.2) is 63.5 Å². The lowest BCUT2D eigenvalue weighted by Crippen LogP contribution is -2.46. The zero-order valence-corrected chi connectivity index (χ0v) is 21.4. The van der Waals surface area contributed by atoms with E-state index >= 15 is 0 Å². The van der Waals surface area contributed by atoms with E-state index in [1.54, 1.807) is 41.8 Å². The van der Waals surface area contributed by atoms with Crippen molar-refractivity contribution in [2.75, 3.05) is 38.1 Å². The zero-order valence-electron chi connectivity index (χ0n) is 21.4. The maximum atomic E-state index is 12.4. The van der Waals surface area contributed by atoms with E-state index in [-0.39, 0.29) is 5.56 Å². The molecule has 1 saturated heterocycles. The van der Waals surface area contributed by atoms with Crippen LogP contribution in [0, 0.1) is 16.7 Å². The van der Waals surface area contributed by atoms with Crippen LogP contribution in [0.3, 0.4) is 0 Å². The summed E-state index contributed by atoms with van der Waals surface area (Å²) in [5.41, 5.74) is 5.25. The standard InChI is InChI=1S/C28H29N9O/c1-31-15-23(13-29)22-12-25(27-24(14-30)17-33-37(27)19-22)20-5-6-26(32-16-20)36-10-8-35(9-11-36)18-21-4-3-7-34(2)28(21)38/h3-7,12-13,15-17,19,29,31H,8-11,18H2,1-2H3/b23-15+,29-13?. The molecule has 10 heteroatoms. The molecule has 0 aromatic carbocycles. The van der Waals surface area contributed by atoms with Gasteiger partial charge in [0.05, 0.1) is 17.3 Å². The van der Waals surface area contributed by atoms with E-state index in [1.165, 1.54) is 6.21 Å². The van der Waals surface area contributed by atoms with E-state index in [1.807, 2.05) is 42.7 Å². The number of nitrogens with one attached hydrogen (secondary N) is 2. The lowest BCUT2D eigenvalue weighted by molar-refractivity contribution is 0.248. The molecule has 0 bridgehead atoms. The summed E-state index contributed by atoms with van der Waals surface area (Å²) in [7, 11) is 3.57. The van der Waals surface area contributed by atoms with Gasteiger partial charge >= 0.3 is 0 Å². The molecule has 1 aliphatic heterocycles. The number of nitrogens with zero attached hydrogens (tertiary/aromatic N) is 7. The van der Waals surface area contributed by atoms with Crippen LogP contribution in [0.15, 0.2) is 66.1 Å². The molecule has 10 nitrogen and oxygen atoms in total. The number of hydrogen-bond acceptors (Lipinski definition) is 8. The van der Waals surface area contributed by atoms with Gasteiger partial charge < -0.3 is 20.2 Å². The lowest BCUT2D eigenvalue weighted by Gasteiger charge is -2.35. The summed E-state index contributed by atoms with van der Waals surface area (Å²) in [5, 5.41) is 24.8. The Morgan fingerprint density at radius 1 is 1.21 bits per heavy atom. The van der Waals surface area contributed by atoms with E-state index in [0.29, 0.717) is 23.2 Å². The smallest absolute Gasteiger partial charge is 0.254 e. The van der Waals surface area contributed by atoms with Crippen molar-refractivity contribution in [1.29, 1.82) is 10.7 Å². The topological polar surface area (TPSA) is 118 Å². The van der Waals surface area contributed by atoms with Crippen molar-refractivity contribution in [1.82, 2.24) is 29.4 Å². The minimum atomic E-state index is 0.0530. The van der Waals surface area contributed by atoms with Gasteiger partial charge in [0.25, 0.3) is 5.56 Å². The summed E-state index contributed by atoms with van der Waals surface area (Å²) in [6, 6.07) is 12.0. The number of hydrogen-bond donors (Lipinski definition) is 2. The maximum absolute atomic E-state index is 12.4. The largest absolute Gasteiger partial charge is 0.393 e. The fourth-order valence-electron chi connectivity index (χ4n) is 4.83. The molecule has 4 aromatic rings. The zero-order chi connectivity index (χ0) is 26.6. The molecule has 0 spiro atoms. The number of fused-ring (bicyclic) bond motifs is 1. The highest BCUT2D eigenvalue weighted by Crippen LogP contribution is 2.30. The van der Waals surface area contributed by atoms with E-state index in [2.05, 4.69) is 26.3 Å². The summed E-state index contributed by atoms with van der Waals surface area (Å²) in [6.07, 6.45) is 10.0. The van der Waals surface area contributed by atoms with Gasteiger partial charge in [0.1, 0.15) is 11.9 Å². The number of anilines is 1. The first-order valence-electron chi connectivity index (χ1n) is 12.4. The van der Waals surface area contributed by atoms with Crippen LogP contribution in [0.4, 0.5) is 5.82 Å². The van der Waals surface area contributed by atoms with Crippen LogP contribution < -0.4 is 15.8 Å². The normalized spacial score (nSPS) is 14.4. The second kappa shape index (κ2) is 10.7. The highest BCUT2D eigenvalue weighted by molar-refractivity contribution is 6.08. The second-order valence-electron chi connectivity index (χ2n) is 9.26. The van der Waals surface area contributed by atoms with Gasteiger partial charge in [-0.05, 0) is 24.3 Å². The number of aromatic nitrogens is 4. The van der Waals surface area contributed by atoms with Gasteiger partial charge in [-0.2, -0.15) is 10.4 Å². The number of piperazine rings is 1. The summed E-state index contributed by atoms with van der Waals surface area (Å²) in [4.78, 5) is 21.7. The third-order valence-electron chi connectivity index (χ3n) is 6.87. The van der Waals surface area contributed by atoms with Crippen LogP contribution in [0.25, 0.3) is 22.2 Å². The predicted octanol–water partition coefficient (Wildman–Crippen LogP) is 2.50. The van der Waals surface area contributed by atoms with Crippen LogP contribution in [0.2, 0.25) is 0 Å². The van der Waals surface area contributed by atoms with Gasteiger partial charge in [0, 0.05) is 106 Å². The molecule has 0 aliphatic carbocycles. The predicted molar refractivity (Wildman–Crippen MR) is 148 cm³/mol. The Morgan fingerprint density at radius 2 is 2.03 bits per heavy atom. The molecule has 38 heavy (non-hydrogen) atoms. The SMILES string of the molecule is CN/C=C(\C=N)c1cc(-c2ccc(N3CCN(Cc4cccn(C)c4=O)CC3)nc2)c2c(C#N)cnn2c1. The first-order chi connectivity index (χ1) is 18.5. The molecule has 1 fully saturated rings. The number of aryl methyl sites for hydroxylation is 1. The fraction of sp³-hybridized carbons (Fsp3) is 0.250. The van der Waals surface area contributed by atoms with E-state index in [4.69, 9.17) is 10.4 Å². The van der Waals surface area contributed by atoms with Gasteiger partial charge in [-0.3, -0.25) is 9.69 Å². The van der Waals surface area contributed by atoms with Gasteiger partial charge in [0.2, 0.25) is 0 Å². The molecule has 4 aromatic heterocycles. The highest BCUT2D eigenvalue weighted by Gasteiger charge is 2.20. The lowest BCUT2D eigenvalue weighted by atomic mass is 10.0. The van der Waals surface area contributed by atoms with Crippen molar-refractivity contribution >= 4 is 23.1 Å². The van der Waals surface area contributed by atoms with Gasteiger partial charge in [-0.25, -0.2) is 9.50 Å². The molecule has 0 unspecified atom stereocenters. The van der Waals surface area contributed by atoms with E-state index in [0.717, 1.165) is 54.3 Å². The van der Waals surface area contributed by atoms with Crippen LogP contribution in [0.1, 0.15) is 16.7 Å². The molecule has 0 amide bonds. The molecule has 2 N–H and O–H groups in total. The molecular weight excluding hydrogens is 478 g/mol. The average Bonchev–Trinajstić information content (AvgIpc) is 3.37. The summed E-state index contributed by atoms with van der Waals surface area (Å²) >= 11 is 0. The monoisotopic (exact) mass is 507 g/mol. The quantitative estimate of drug-likeness (QED) is 0.369. The summed E-state index contributed by atoms with van der Waals surface area (Å²) < 4.78 is 3.30. The minimum absolute atomic E-state index is 0.0530. The van der Waals surface area contributed by atoms with Crippen LogP contribution in [-0.2, 0) is 13.6 Å². The average molecular weight is 508 g/mol. The summed E-state index contributed by atoms with van der Waals surface area (Å²) in [5.74, 6) is 0.889. The Bertz CT molecular complexity index is 1600. The number of allylic oxidation sites excluding steroid dienone is 1. The Labute approximate surface area is 220 Å². The van der Waals surface area contributed by atoms with E-state index in [9.17, 15) is 10.1 Å². The Hall–Kier alpha value is -4.75. The molecule has 1 aliphatic rings. The second-order valence-corrected chi connectivity index (χ2v) is 9.26. The number of pyridine rings is 3. The van der Waals surface area contributed by atoms with Crippen molar-refractivity contribution in [2.45, 2.75) is 6.54 Å². The van der Waals surface area contributed by atoms with Crippen LogP contribution in [0.5, 0.6) is 0 Å². The van der Waals surface area contributed by atoms with Crippen molar-refractivity contribution in [3.8, 4) is 17.2 Å². The van der Waals surface area contributed by atoms with Crippen molar-refractivity contribution in [2.24, 2.45) is 7.05 Å². The van der Waals surface area contributed by atoms with Gasteiger partial charge in [0.15, 0.2) is 0 Å². The Morgan fingerprint density at radius 3 is 2.71 bits per heavy atom. The minimum Gasteiger partial charge on any atom is -0.393 e. The van der Waals surface area contributed by atoms with Crippen molar-refractivity contribution in [3.63, 3.8) is 0 Å². The fourth-order valence-corrected chi connectivity index (χ4v) is 4.83. The third kappa shape index (κ3) is 4.79. The molecule has 0 radical (unpaired) electrons. The Balaban J connectivity index is 1.37. The van der Waals surface area contributed by atoms with Crippen molar-refractivity contribution < 1.29 is 0 Å². The molecule has 5 rings (SSSR count).